The summed E-state index contributed by atoms with van der Waals surface area (Å²) in [4.78, 5) is 27.8. The summed E-state index contributed by atoms with van der Waals surface area (Å²) >= 11 is 0. The SMILES string of the molecule is CN(CCCCN(C)C(=O)C[C@@H]1CCCO1)C(=O)C[C@@H]1CCCO1. The number of unbranched alkanes of at least 4 members (excludes halogenated alkanes) is 1. The molecule has 2 amide bonds. The van der Waals surface area contributed by atoms with Crippen molar-refractivity contribution in [3.63, 3.8) is 0 Å². The molecule has 2 rings (SSSR count). The smallest absolute Gasteiger partial charge is 0.224 e. The van der Waals surface area contributed by atoms with Gasteiger partial charge in [0.15, 0.2) is 0 Å². The lowest BCUT2D eigenvalue weighted by Crippen LogP contribution is -2.32. The summed E-state index contributed by atoms with van der Waals surface area (Å²) in [7, 11) is 3.70. The van der Waals surface area contributed by atoms with Gasteiger partial charge in [-0.05, 0) is 38.5 Å². The van der Waals surface area contributed by atoms with E-state index in [9.17, 15) is 9.59 Å². The Morgan fingerprint density at radius 1 is 0.833 bits per heavy atom. The third-order valence-corrected chi connectivity index (χ3v) is 4.94. The molecule has 0 N–H and O–H groups in total. The highest BCUT2D eigenvalue weighted by Gasteiger charge is 2.22. The number of nitrogens with zero attached hydrogens (tertiary/aromatic N) is 2. The van der Waals surface area contributed by atoms with Crippen molar-refractivity contribution in [1.82, 2.24) is 9.80 Å². The van der Waals surface area contributed by atoms with Crippen molar-refractivity contribution in [3.8, 4) is 0 Å². The number of amides is 2. The first-order valence-corrected chi connectivity index (χ1v) is 9.27. The Morgan fingerprint density at radius 3 is 1.58 bits per heavy atom. The minimum Gasteiger partial charge on any atom is -0.378 e. The monoisotopic (exact) mass is 340 g/mol. The molecule has 2 fully saturated rings. The van der Waals surface area contributed by atoms with Crippen LogP contribution in [0.1, 0.15) is 51.4 Å². The van der Waals surface area contributed by atoms with E-state index in [4.69, 9.17) is 9.47 Å². The normalized spacial score (nSPS) is 23.4. The zero-order valence-electron chi connectivity index (χ0n) is 15.2. The first kappa shape index (κ1) is 19.2. The summed E-state index contributed by atoms with van der Waals surface area (Å²) in [6.45, 7) is 3.04. The molecule has 0 bridgehead atoms. The fraction of sp³-hybridized carbons (Fsp3) is 0.889. The summed E-state index contributed by atoms with van der Waals surface area (Å²) in [5.74, 6) is 0.314. The molecule has 24 heavy (non-hydrogen) atoms. The molecule has 138 valence electrons. The summed E-state index contributed by atoms with van der Waals surface area (Å²) in [6.07, 6.45) is 7.15. The quantitative estimate of drug-likeness (QED) is 0.601. The van der Waals surface area contributed by atoms with Crippen LogP contribution in [-0.2, 0) is 19.1 Å². The van der Waals surface area contributed by atoms with Gasteiger partial charge >= 0.3 is 0 Å². The second-order valence-electron chi connectivity index (χ2n) is 7.02. The molecule has 2 saturated heterocycles. The minimum atomic E-state index is 0.113. The zero-order chi connectivity index (χ0) is 17.4. The molecule has 0 unspecified atom stereocenters. The number of ether oxygens (including phenoxy) is 2. The van der Waals surface area contributed by atoms with Gasteiger partial charge in [-0.3, -0.25) is 9.59 Å². The highest BCUT2D eigenvalue weighted by atomic mass is 16.5. The third kappa shape index (κ3) is 6.40. The minimum absolute atomic E-state index is 0.113. The van der Waals surface area contributed by atoms with Gasteiger partial charge in [0, 0.05) is 40.4 Å². The van der Waals surface area contributed by atoms with E-state index < -0.39 is 0 Å². The molecule has 2 aliphatic heterocycles. The maximum atomic E-state index is 12.1. The largest absolute Gasteiger partial charge is 0.378 e. The summed E-state index contributed by atoms with van der Waals surface area (Å²) < 4.78 is 11.0. The Hall–Kier alpha value is -1.14. The van der Waals surface area contributed by atoms with Crippen LogP contribution in [0, 0.1) is 0 Å². The van der Waals surface area contributed by atoms with E-state index in [1.165, 1.54) is 0 Å². The Morgan fingerprint density at radius 2 is 1.25 bits per heavy atom. The second kappa shape index (κ2) is 9.99. The second-order valence-corrected chi connectivity index (χ2v) is 7.02. The Labute approximate surface area is 145 Å². The van der Waals surface area contributed by atoms with Crippen molar-refractivity contribution in [2.24, 2.45) is 0 Å². The van der Waals surface area contributed by atoms with Gasteiger partial charge in [-0.15, -0.1) is 0 Å². The highest BCUT2D eigenvalue weighted by molar-refractivity contribution is 5.76. The van der Waals surface area contributed by atoms with Crippen LogP contribution in [0.25, 0.3) is 0 Å². The number of hydrogen-bond acceptors (Lipinski definition) is 4. The number of hydrogen-bond donors (Lipinski definition) is 0. The van der Waals surface area contributed by atoms with Crippen LogP contribution in [0.15, 0.2) is 0 Å². The van der Waals surface area contributed by atoms with Gasteiger partial charge in [0.05, 0.1) is 25.0 Å². The number of carbonyl (C=O) groups is 2. The molecule has 0 aliphatic carbocycles. The van der Waals surface area contributed by atoms with Crippen LogP contribution >= 0.6 is 0 Å². The highest BCUT2D eigenvalue weighted by Crippen LogP contribution is 2.17. The molecule has 0 aromatic heterocycles. The molecule has 6 nitrogen and oxygen atoms in total. The van der Waals surface area contributed by atoms with Crippen molar-refractivity contribution in [1.29, 1.82) is 0 Å². The maximum Gasteiger partial charge on any atom is 0.224 e. The summed E-state index contributed by atoms with van der Waals surface area (Å²) in [6, 6.07) is 0. The number of rotatable bonds is 9. The maximum absolute atomic E-state index is 12.1. The molecule has 6 heteroatoms. The van der Waals surface area contributed by atoms with Crippen molar-refractivity contribution < 1.29 is 19.1 Å². The van der Waals surface area contributed by atoms with Gasteiger partial charge in [-0.1, -0.05) is 0 Å². The fourth-order valence-corrected chi connectivity index (χ4v) is 3.26. The topological polar surface area (TPSA) is 59.1 Å². The van der Waals surface area contributed by atoms with Crippen LogP contribution in [-0.4, -0.2) is 74.2 Å². The Kier molecular flexibility index (Phi) is 7.99. The molecule has 0 spiro atoms. The van der Waals surface area contributed by atoms with Gasteiger partial charge in [0.1, 0.15) is 0 Å². The van der Waals surface area contributed by atoms with E-state index in [-0.39, 0.29) is 24.0 Å². The van der Waals surface area contributed by atoms with Gasteiger partial charge in [0.2, 0.25) is 11.8 Å². The molecule has 0 radical (unpaired) electrons. The third-order valence-electron chi connectivity index (χ3n) is 4.94. The Bertz CT molecular complexity index is 366. The van der Waals surface area contributed by atoms with Crippen LogP contribution in [0.3, 0.4) is 0 Å². The molecule has 0 aromatic rings. The van der Waals surface area contributed by atoms with Crippen molar-refractivity contribution in [3.05, 3.63) is 0 Å². The van der Waals surface area contributed by atoms with E-state index in [0.29, 0.717) is 12.8 Å². The fourth-order valence-electron chi connectivity index (χ4n) is 3.26. The van der Waals surface area contributed by atoms with Gasteiger partial charge in [-0.2, -0.15) is 0 Å². The average molecular weight is 340 g/mol. The van der Waals surface area contributed by atoms with Gasteiger partial charge in [-0.25, -0.2) is 0 Å². The van der Waals surface area contributed by atoms with E-state index >= 15 is 0 Å². The van der Waals surface area contributed by atoms with Gasteiger partial charge in [0.25, 0.3) is 0 Å². The molecule has 2 heterocycles. The first-order chi connectivity index (χ1) is 11.6. The van der Waals surface area contributed by atoms with Crippen LogP contribution < -0.4 is 0 Å². The standard InChI is InChI=1S/C18H32N2O4/c1-19(17(21)13-15-7-5-11-23-15)9-3-4-10-20(2)18(22)14-16-8-6-12-24-16/h15-16H,3-14H2,1-2H3/t15-,16-/m0/s1. The predicted molar refractivity (Wildman–Crippen MR) is 91.7 cm³/mol. The molecule has 0 saturated carbocycles. The lowest BCUT2D eigenvalue weighted by molar-refractivity contribution is -0.133. The van der Waals surface area contributed by atoms with E-state index in [0.717, 1.165) is 64.8 Å². The summed E-state index contributed by atoms with van der Waals surface area (Å²) in [5.41, 5.74) is 0. The lowest BCUT2D eigenvalue weighted by atomic mass is 10.1. The molecule has 0 aromatic carbocycles. The van der Waals surface area contributed by atoms with Crippen LogP contribution in [0.5, 0.6) is 0 Å². The number of carbonyl (C=O) groups excluding carboxylic acids is 2. The molecule has 2 aliphatic rings. The average Bonchev–Trinajstić information content (AvgIpc) is 3.24. The van der Waals surface area contributed by atoms with Gasteiger partial charge < -0.3 is 19.3 Å². The van der Waals surface area contributed by atoms with E-state index in [1.54, 1.807) is 9.80 Å². The van der Waals surface area contributed by atoms with E-state index in [2.05, 4.69) is 0 Å². The molecular weight excluding hydrogens is 308 g/mol. The van der Waals surface area contributed by atoms with Crippen LogP contribution in [0.4, 0.5) is 0 Å². The van der Waals surface area contributed by atoms with E-state index in [1.807, 2.05) is 14.1 Å². The predicted octanol–water partition coefficient (Wildman–Crippen LogP) is 1.82. The van der Waals surface area contributed by atoms with Crippen molar-refractivity contribution >= 4 is 11.8 Å². The summed E-state index contributed by atoms with van der Waals surface area (Å²) in [5, 5.41) is 0. The Balaban J connectivity index is 1.54. The molecule has 2 atom stereocenters. The molecular formula is C18H32N2O4. The zero-order valence-corrected chi connectivity index (χ0v) is 15.2. The van der Waals surface area contributed by atoms with Crippen molar-refractivity contribution in [2.75, 3.05) is 40.4 Å². The first-order valence-electron chi connectivity index (χ1n) is 9.27. The van der Waals surface area contributed by atoms with Crippen LogP contribution in [0.2, 0.25) is 0 Å². The lowest BCUT2D eigenvalue weighted by Gasteiger charge is -2.21. The van der Waals surface area contributed by atoms with Crippen molar-refractivity contribution in [2.45, 2.75) is 63.6 Å².